The Balaban J connectivity index is 2.52. The molecule has 3 N–H and O–H groups in total. The van der Waals surface area contributed by atoms with E-state index in [2.05, 4.69) is 0 Å². The van der Waals surface area contributed by atoms with Crippen molar-refractivity contribution in [3.63, 3.8) is 0 Å². The molecular weight excluding hydrogens is 280 g/mol. The summed E-state index contributed by atoms with van der Waals surface area (Å²) >= 11 is 0. The van der Waals surface area contributed by atoms with Crippen molar-refractivity contribution < 1.29 is 9.90 Å². The minimum absolute atomic E-state index is 0.370. The molecule has 3 aromatic rings. The van der Waals surface area contributed by atoms with Gasteiger partial charge in [-0.05, 0) is 17.2 Å². The number of carbonyl (C=O) groups is 1. The molecule has 1 amide bonds. The van der Waals surface area contributed by atoms with Crippen LogP contribution in [-0.4, -0.2) is 15.6 Å². The number of nitrogens with two attached hydrogens (primary N) is 1. The molecule has 0 aliphatic rings. The average Bonchev–Trinajstić information content (AvgIpc) is 2.52. The number of aromatic hydroxyl groups is 1. The van der Waals surface area contributed by atoms with Crippen LogP contribution in [0.4, 0.5) is 0 Å². The van der Waals surface area contributed by atoms with Gasteiger partial charge in [0, 0.05) is 12.4 Å². The average molecular weight is 294 g/mol. The van der Waals surface area contributed by atoms with Crippen LogP contribution < -0.4 is 11.3 Å². The number of pyridine rings is 1. The minimum Gasteiger partial charge on any atom is -0.506 e. The number of primary amides is 1. The predicted molar refractivity (Wildman–Crippen MR) is 84.8 cm³/mol. The van der Waals surface area contributed by atoms with E-state index in [-0.39, 0.29) is 5.75 Å². The highest BCUT2D eigenvalue weighted by atomic mass is 16.3. The second-order valence-electron chi connectivity index (χ2n) is 5.02. The van der Waals surface area contributed by atoms with Crippen LogP contribution >= 0.6 is 0 Å². The summed E-state index contributed by atoms with van der Waals surface area (Å²) < 4.78 is 1.32. The Bertz CT molecular complexity index is 944. The van der Waals surface area contributed by atoms with Crippen LogP contribution in [0.5, 0.6) is 5.75 Å². The number of benzene rings is 2. The van der Waals surface area contributed by atoms with Crippen LogP contribution in [0.25, 0.3) is 22.0 Å². The van der Waals surface area contributed by atoms with Gasteiger partial charge in [0.2, 0.25) is 0 Å². The number of aryl methyl sites for hydroxylation is 1. The molecule has 0 saturated heterocycles. The van der Waals surface area contributed by atoms with E-state index in [9.17, 15) is 14.7 Å². The fourth-order valence-corrected chi connectivity index (χ4v) is 2.65. The highest BCUT2D eigenvalue weighted by Crippen LogP contribution is 2.35. The number of carbonyl (C=O) groups excluding carboxylic acids is 1. The number of aromatic nitrogens is 1. The standard InChI is InChI=1S/C17H14N2O3/c1-19-12-9-5-8-11(10-6-3-2-4-7-10)13(12)15(20)14(16(18)21)17(19)22/h2-9,20H,1H3,(H2,18,21). The summed E-state index contributed by atoms with van der Waals surface area (Å²) in [5.41, 5.74) is 6.39. The number of amides is 1. The molecule has 1 aromatic heterocycles. The summed E-state index contributed by atoms with van der Waals surface area (Å²) in [5.74, 6) is -1.31. The largest absolute Gasteiger partial charge is 0.506 e. The lowest BCUT2D eigenvalue weighted by Crippen LogP contribution is -2.28. The second-order valence-corrected chi connectivity index (χ2v) is 5.02. The second kappa shape index (κ2) is 5.04. The normalized spacial score (nSPS) is 10.8. The van der Waals surface area contributed by atoms with E-state index in [1.165, 1.54) is 4.57 Å². The van der Waals surface area contributed by atoms with Crippen molar-refractivity contribution in [1.82, 2.24) is 4.57 Å². The third-order valence-electron chi connectivity index (χ3n) is 3.73. The fourth-order valence-electron chi connectivity index (χ4n) is 2.65. The van der Waals surface area contributed by atoms with Gasteiger partial charge in [0.05, 0.1) is 5.52 Å². The van der Waals surface area contributed by atoms with Crippen LogP contribution in [0.15, 0.2) is 53.3 Å². The molecule has 0 radical (unpaired) electrons. The lowest BCUT2D eigenvalue weighted by atomic mass is 9.98. The molecule has 0 spiro atoms. The van der Waals surface area contributed by atoms with Crippen LogP contribution in [0, 0.1) is 0 Å². The Morgan fingerprint density at radius 1 is 1.09 bits per heavy atom. The SMILES string of the molecule is Cn1c(=O)c(C(N)=O)c(O)c2c(-c3ccccc3)cccc21. The van der Waals surface area contributed by atoms with Crippen LogP contribution in [0.1, 0.15) is 10.4 Å². The highest BCUT2D eigenvalue weighted by molar-refractivity contribution is 6.06. The molecule has 5 nitrogen and oxygen atoms in total. The van der Waals surface area contributed by atoms with Crippen molar-refractivity contribution >= 4 is 16.8 Å². The number of nitrogens with zero attached hydrogens (tertiary/aromatic N) is 1. The first-order chi connectivity index (χ1) is 10.5. The van der Waals surface area contributed by atoms with E-state index in [4.69, 9.17) is 5.73 Å². The van der Waals surface area contributed by atoms with Crippen molar-refractivity contribution in [3.05, 3.63) is 64.4 Å². The summed E-state index contributed by atoms with van der Waals surface area (Å²) in [4.78, 5) is 23.7. The van der Waals surface area contributed by atoms with Crippen LogP contribution in [0.3, 0.4) is 0 Å². The maximum atomic E-state index is 12.2. The van der Waals surface area contributed by atoms with Gasteiger partial charge < -0.3 is 15.4 Å². The van der Waals surface area contributed by atoms with E-state index >= 15 is 0 Å². The molecule has 110 valence electrons. The van der Waals surface area contributed by atoms with Gasteiger partial charge in [0.15, 0.2) is 0 Å². The number of hydrogen-bond donors (Lipinski definition) is 2. The maximum absolute atomic E-state index is 12.2. The first kappa shape index (κ1) is 13.9. The third kappa shape index (κ3) is 1.95. The van der Waals surface area contributed by atoms with E-state index in [0.717, 1.165) is 11.1 Å². The van der Waals surface area contributed by atoms with Crippen LogP contribution in [0.2, 0.25) is 0 Å². The lowest BCUT2D eigenvalue weighted by molar-refractivity contribution is 0.0996. The predicted octanol–water partition coefficient (Wildman–Crippen LogP) is 2.01. The van der Waals surface area contributed by atoms with E-state index in [0.29, 0.717) is 10.9 Å². The molecular formula is C17H14N2O3. The van der Waals surface area contributed by atoms with Gasteiger partial charge >= 0.3 is 0 Å². The molecule has 0 aliphatic carbocycles. The summed E-state index contributed by atoms with van der Waals surface area (Å²) in [6, 6.07) is 14.8. The Morgan fingerprint density at radius 2 is 1.77 bits per heavy atom. The van der Waals surface area contributed by atoms with Gasteiger partial charge in [-0.1, -0.05) is 42.5 Å². The number of rotatable bonds is 2. The molecule has 0 atom stereocenters. The molecule has 3 rings (SSSR count). The van der Waals surface area contributed by atoms with Crippen molar-refractivity contribution in [2.45, 2.75) is 0 Å². The molecule has 22 heavy (non-hydrogen) atoms. The van der Waals surface area contributed by atoms with Gasteiger partial charge in [-0.2, -0.15) is 0 Å². The van der Waals surface area contributed by atoms with Crippen molar-refractivity contribution in [1.29, 1.82) is 0 Å². The summed E-state index contributed by atoms with van der Waals surface area (Å²) in [6.07, 6.45) is 0. The topological polar surface area (TPSA) is 85.3 Å². The molecule has 2 aromatic carbocycles. The van der Waals surface area contributed by atoms with Crippen LogP contribution in [-0.2, 0) is 7.05 Å². The highest BCUT2D eigenvalue weighted by Gasteiger charge is 2.21. The first-order valence-corrected chi connectivity index (χ1v) is 6.72. The Kier molecular flexibility index (Phi) is 3.18. The van der Waals surface area contributed by atoms with E-state index in [1.807, 2.05) is 36.4 Å². The summed E-state index contributed by atoms with van der Waals surface area (Å²) in [7, 11) is 1.55. The lowest BCUT2D eigenvalue weighted by Gasteiger charge is -2.13. The molecule has 5 heteroatoms. The molecule has 0 bridgehead atoms. The zero-order valence-corrected chi connectivity index (χ0v) is 11.9. The minimum atomic E-state index is -0.942. The van der Waals surface area contributed by atoms with Gasteiger partial charge in [-0.25, -0.2) is 0 Å². The molecule has 0 aliphatic heterocycles. The zero-order chi connectivity index (χ0) is 15.9. The zero-order valence-electron chi connectivity index (χ0n) is 11.9. The molecule has 0 saturated carbocycles. The quantitative estimate of drug-likeness (QED) is 0.758. The molecule has 0 unspecified atom stereocenters. The van der Waals surface area contributed by atoms with E-state index < -0.39 is 17.0 Å². The van der Waals surface area contributed by atoms with Gasteiger partial charge in [-0.3, -0.25) is 9.59 Å². The number of hydrogen-bond acceptors (Lipinski definition) is 3. The maximum Gasteiger partial charge on any atom is 0.267 e. The van der Waals surface area contributed by atoms with Crippen molar-refractivity contribution in [2.75, 3.05) is 0 Å². The Morgan fingerprint density at radius 3 is 2.41 bits per heavy atom. The third-order valence-corrected chi connectivity index (χ3v) is 3.73. The van der Waals surface area contributed by atoms with Gasteiger partial charge in [-0.15, -0.1) is 0 Å². The smallest absolute Gasteiger partial charge is 0.267 e. The number of fused-ring (bicyclic) bond motifs is 1. The summed E-state index contributed by atoms with van der Waals surface area (Å²) in [5, 5.41) is 10.9. The first-order valence-electron chi connectivity index (χ1n) is 6.72. The van der Waals surface area contributed by atoms with E-state index in [1.54, 1.807) is 19.2 Å². The van der Waals surface area contributed by atoms with Crippen molar-refractivity contribution in [3.8, 4) is 16.9 Å². The summed E-state index contributed by atoms with van der Waals surface area (Å²) in [6.45, 7) is 0. The Hall–Kier alpha value is -3.08. The van der Waals surface area contributed by atoms with Gasteiger partial charge in [0.1, 0.15) is 11.3 Å². The van der Waals surface area contributed by atoms with Gasteiger partial charge in [0.25, 0.3) is 11.5 Å². The molecule has 1 heterocycles. The monoisotopic (exact) mass is 294 g/mol. The fraction of sp³-hybridized carbons (Fsp3) is 0.0588. The molecule has 0 fully saturated rings. The van der Waals surface area contributed by atoms with Crippen molar-refractivity contribution in [2.24, 2.45) is 12.8 Å². The Labute approximate surface area is 126 Å².